The molecule has 2 amide bonds. The number of amides is 2. The summed E-state index contributed by atoms with van der Waals surface area (Å²) in [6, 6.07) is -0.624. The minimum atomic E-state index is -0.650. The molecule has 3 N–H and O–H groups in total. The lowest BCUT2D eigenvalue weighted by Crippen LogP contribution is -2.43. The van der Waals surface area contributed by atoms with Crippen LogP contribution in [0.4, 0.5) is 0 Å². The van der Waals surface area contributed by atoms with Gasteiger partial charge in [0, 0.05) is 5.57 Å². The molecule has 0 aromatic heterocycles. The van der Waals surface area contributed by atoms with Crippen LogP contribution < -0.4 is 11.1 Å². The van der Waals surface area contributed by atoms with Gasteiger partial charge in [0.2, 0.25) is 11.8 Å². The summed E-state index contributed by atoms with van der Waals surface area (Å²) >= 11 is 0. The molecule has 0 aromatic rings. The van der Waals surface area contributed by atoms with Gasteiger partial charge in [0.25, 0.3) is 0 Å². The van der Waals surface area contributed by atoms with Gasteiger partial charge in [0.05, 0.1) is 12.5 Å². The molecule has 0 aliphatic carbocycles. The molecule has 1 fully saturated rings. The summed E-state index contributed by atoms with van der Waals surface area (Å²) in [4.78, 5) is 33.4. The molecule has 0 aromatic carbocycles. The van der Waals surface area contributed by atoms with Gasteiger partial charge >= 0.3 is 0 Å². The first-order chi connectivity index (χ1) is 7.91. The zero-order valence-electron chi connectivity index (χ0n) is 9.56. The van der Waals surface area contributed by atoms with Crippen LogP contribution in [0.1, 0.15) is 13.3 Å². The van der Waals surface area contributed by atoms with Crippen molar-refractivity contribution >= 4 is 17.6 Å². The molecule has 6 nitrogen and oxygen atoms in total. The Bertz CT molecular complexity index is 364. The molecule has 6 heteroatoms. The van der Waals surface area contributed by atoms with Crippen molar-refractivity contribution in [2.75, 3.05) is 6.61 Å². The Balaban J connectivity index is 2.37. The second-order valence-electron chi connectivity index (χ2n) is 3.84. The van der Waals surface area contributed by atoms with E-state index in [1.807, 2.05) is 0 Å². The molecule has 0 bridgehead atoms. The number of ether oxygens (including phenoxy) is 1. The highest BCUT2D eigenvalue weighted by Crippen LogP contribution is 2.10. The highest BCUT2D eigenvalue weighted by atomic mass is 16.5. The van der Waals surface area contributed by atoms with Crippen LogP contribution in [0.2, 0.25) is 0 Å². The molecule has 0 saturated carbocycles. The van der Waals surface area contributed by atoms with E-state index in [-0.39, 0.29) is 30.5 Å². The largest absolute Gasteiger partial charge is 0.368 e. The van der Waals surface area contributed by atoms with Crippen LogP contribution in [0.5, 0.6) is 0 Å². The lowest BCUT2D eigenvalue weighted by atomic mass is 10.1. The quantitative estimate of drug-likeness (QED) is 0.607. The highest BCUT2D eigenvalue weighted by Gasteiger charge is 2.33. The maximum Gasteiger partial charge on any atom is 0.244 e. The fraction of sp³-hybridized carbons (Fsp3) is 0.455. The molecular formula is C11H15N2O4. The average molecular weight is 239 g/mol. The Labute approximate surface area is 99.2 Å². The molecule has 1 radical (unpaired) electrons. The summed E-state index contributed by atoms with van der Waals surface area (Å²) in [5, 5.41) is 2.51. The SMILES string of the molecule is C=C(C[CH]C(=O)N[C@@H]1C(=O)CO[C@@H]1C)C(N)=O. The Kier molecular flexibility index (Phi) is 4.39. The van der Waals surface area contributed by atoms with E-state index < -0.39 is 17.9 Å². The van der Waals surface area contributed by atoms with E-state index in [1.165, 1.54) is 6.42 Å². The van der Waals surface area contributed by atoms with Crippen molar-refractivity contribution in [3.8, 4) is 0 Å². The number of carbonyl (C=O) groups is 3. The predicted octanol–water partition coefficient (Wildman–Crippen LogP) is -0.905. The number of hydrogen-bond donors (Lipinski definition) is 2. The van der Waals surface area contributed by atoms with Crippen LogP contribution in [0.25, 0.3) is 0 Å². The number of Topliss-reactive ketones (excluding diaryl/α,β-unsaturated/α-hetero) is 1. The molecule has 2 atom stereocenters. The Morgan fingerprint density at radius 1 is 1.65 bits per heavy atom. The van der Waals surface area contributed by atoms with Crippen molar-refractivity contribution in [1.29, 1.82) is 0 Å². The van der Waals surface area contributed by atoms with Crippen LogP contribution in [-0.2, 0) is 19.1 Å². The number of ketones is 1. The van der Waals surface area contributed by atoms with Gasteiger partial charge in [-0.25, -0.2) is 0 Å². The van der Waals surface area contributed by atoms with E-state index in [1.54, 1.807) is 6.92 Å². The van der Waals surface area contributed by atoms with Gasteiger partial charge in [0.15, 0.2) is 5.78 Å². The summed E-state index contributed by atoms with van der Waals surface area (Å²) < 4.78 is 5.07. The Morgan fingerprint density at radius 2 is 2.29 bits per heavy atom. The zero-order chi connectivity index (χ0) is 13.0. The zero-order valence-corrected chi connectivity index (χ0v) is 9.56. The number of rotatable bonds is 5. The molecule has 0 spiro atoms. The van der Waals surface area contributed by atoms with E-state index in [4.69, 9.17) is 10.5 Å². The molecule has 1 rings (SSSR count). The maximum absolute atomic E-state index is 11.4. The van der Waals surface area contributed by atoms with Crippen LogP contribution >= 0.6 is 0 Å². The lowest BCUT2D eigenvalue weighted by Gasteiger charge is -2.14. The third-order valence-electron chi connectivity index (χ3n) is 2.48. The number of hydrogen-bond acceptors (Lipinski definition) is 4. The summed E-state index contributed by atoms with van der Waals surface area (Å²) in [6.45, 7) is 5.13. The second kappa shape index (κ2) is 5.58. The number of nitrogens with two attached hydrogens (primary N) is 1. The fourth-order valence-corrected chi connectivity index (χ4v) is 1.39. The number of nitrogens with one attached hydrogen (secondary N) is 1. The van der Waals surface area contributed by atoms with Gasteiger partial charge in [0.1, 0.15) is 12.6 Å². The van der Waals surface area contributed by atoms with Crippen molar-refractivity contribution < 1.29 is 19.1 Å². The lowest BCUT2D eigenvalue weighted by molar-refractivity contribution is -0.124. The topological polar surface area (TPSA) is 98.5 Å². The van der Waals surface area contributed by atoms with E-state index in [0.29, 0.717) is 0 Å². The van der Waals surface area contributed by atoms with Gasteiger partial charge < -0.3 is 15.8 Å². The van der Waals surface area contributed by atoms with Crippen LogP contribution in [0.3, 0.4) is 0 Å². The summed E-state index contributed by atoms with van der Waals surface area (Å²) in [6.07, 6.45) is 0.960. The minimum absolute atomic E-state index is 0.0140. The second-order valence-corrected chi connectivity index (χ2v) is 3.84. The Morgan fingerprint density at radius 3 is 2.76 bits per heavy atom. The normalized spacial score (nSPS) is 23.5. The van der Waals surface area contributed by atoms with Crippen molar-refractivity contribution in [2.24, 2.45) is 5.73 Å². The minimum Gasteiger partial charge on any atom is -0.368 e. The highest BCUT2D eigenvalue weighted by molar-refractivity contribution is 5.96. The van der Waals surface area contributed by atoms with Gasteiger partial charge in [-0.2, -0.15) is 0 Å². The number of carbonyl (C=O) groups excluding carboxylic acids is 3. The summed E-state index contributed by atoms with van der Waals surface area (Å²) in [5.41, 5.74) is 5.11. The van der Waals surface area contributed by atoms with Gasteiger partial charge in [-0.3, -0.25) is 14.4 Å². The van der Waals surface area contributed by atoms with Crippen LogP contribution in [0.15, 0.2) is 12.2 Å². The first-order valence-corrected chi connectivity index (χ1v) is 5.17. The van der Waals surface area contributed by atoms with Crippen LogP contribution in [-0.4, -0.2) is 36.4 Å². The average Bonchev–Trinajstić information content (AvgIpc) is 2.57. The first kappa shape index (κ1) is 13.4. The molecule has 93 valence electrons. The fourth-order valence-electron chi connectivity index (χ4n) is 1.39. The predicted molar refractivity (Wildman–Crippen MR) is 59.6 cm³/mol. The molecule has 0 unspecified atom stereocenters. The molecular weight excluding hydrogens is 224 g/mol. The third kappa shape index (κ3) is 3.67. The molecule has 1 aliphatic rings. The maximum atomic E-state index is 11.4. The molecule has 1 heterocycles. The molecule has 1 aliphatic heterocycles. The molecule has 17 heavy (non-hydrogen) atoms. The van der Waals surface area contributed by atoms with E-state index in [2.05, 4.69) is 11.9 Å². The van der Waals surface area contributed by atoms with E-state index >= 15 is 0 Å². The van der Waals surface area contributed by atoms with Gasteiger partial charge in [-0.05, 0) is 13.3 Å². The monoisotopic (exact) mass is 239 g/mol. The van der Waals surface area contributed by atoms with Crippen LogP contribution in [0, 0.1) is 6.42 Å². The summed E-state index contributed by atoms with van der Waals surface area (Å²) in [7, 11) is 0. The number of primary amides is 1. The third-order valence-corrected chi connectivity index (χ3v) is 2.48. The van der Waals surface area contributed by atoms with Crippen molar-refractivity contribution in [2.45, 2.75) is 25.5 Å². The van der Waals surface area contributed by atoms with Crippen molar-refractivity contribution in [3.05, 3.63) is 18.6 Å². The van der Waals surface area contributed by atoms with Crippen molar-refractivity contribution in [3.63, 3.8) is 0 Å². The van der Waals surface area contributed by atoms with Gasteiger partial charge in [-0.1, -0.05) is 6.58 Å². The smallest absolute Gasteiger partial charge is 0.244 e. The first-order valence-electron chi connectivity index (χ1n) is 5.17. The summed E-state index contributed by atoms with van der Waals surface area (Å²) in [5.74, 6) is -1.25. The van der Waals surface area contributed by atoms with Crippen molar-refractivity contribution in [1.82, 2.24) is 5.32 Å². The molecule has 1 saturated heterocycles. The van der Waals surface area contributed by atoms with E-state index in [0.717, 1.165) is 0 Å². The Hall–Kier alpha value is -1.69. The standard InChI is InChI=1S/C11H15N2O4/c1-6(11(12)16)3-4-9(15)13-10-7(2)17-5-8(10)14/h4,7,10H,1,3,5H2,2H3,(H2,12,16)(H,13,15)/t7-,10+/m1/s1. The van der Waals surface area contributed by atoms with Gasteiger partial charge in [-0.15, -0.1) is 0 Å². The van der Waals surface area contributed by atoms with E-state index in [9.17, 15) is 14.4 Å².